The van der Waals surface area contributed by atoms with Gasteiger partial charge in [-0.3, -0.25) is 0 Å². The number of aromatic nitrogens is 4. The number of hydrogen-bond acceptors (Lipinski definition) is 6. The Morgan fingerprint density at radius 2 is 2.14 bits per heavy atom. The van der Waals surface area contributed by atoms with E-state index in [0.29, 0.717) is 19.0 Å². The van der Waals surface area contributed by atoms with Crippen LogP contribution >= 0.6 is 15.9 Å². The number of rotatable bonds is 5. The molecule has 1 aliphatic rings. The van der Waals surface area contributed by atoms with Crippen molar-refractivity contribution in [3.63, 3.8) is 0 Å². The highest BCUT2D eigenvalue weighted by Crippen LogP contribution is 2.44. The predicted octanol–water partition coefficient (Wildman–Crippen LogP) is 1.29. The van der Waals surface area contributed by atoms with E-state index in [1.807, 2.05) is 30.3 Å². The van der Waals surface area contributed by atoms with Crippen LogP contribution in [0.2, 0.25) is 0 Å². The minimum atomic E-state index is -0.961. The first kappa shape index (κ1) is 13.9. The first-order valence-electron chi connectivity index (χ1n) is 6.42. The molecule has 0 saturated carbocycles. The number of benzene rings is 1. The molecule has 21 heavy (non-hydrogen) atoms. The molecule has 0 amide bonds. The molecule has 2 heterocycles. The number of hydrogen-bond donors (Lipinski definition) is 0. The molecule has 2 aromatic rings. The molecule has 8 heteroatoms. The van der Waals surface area contributed by atoms with E-state index in [2.05, 4.69) is 36.4 Å². The topological polar surface area (TPSA) is 82.3 Å². The minimum Gasteiger partial charge on any atom is -0.461 e. The van der Waals surface area contributed by atoms with E-state index in [1.165, 1.54) is 0 Å². The Kier molecular flexibility index (Phi) is 3.54. The lowest BCUT2D eigenvalue weighted by atomic mass is 10.2. The van der Waals surface area contributed by atoms with Crippen LogP contribution in [0.3, 0.4) is 0 Å². The van der Waals surface area contributed by atoms with Gasteiger partial charge in [-0.1, -0.05) is 30.3 Å². The van der Waals surface area contributed by atoms with Crippen molar-refractivity contribution < 1.29 is 9.53 Å². The molecule has 1 atom stereocenters. The average Bonchev–Trinajstić information content (AvgIpc) is 2.95. The molecule has 1 unspecified atom stereocenters. The van der Waals surface area contributed by atoms with E-state index >= 15 is 0 Å². The van der Waals surface area contributed by atoms with E-state index in [0.717, 1.165) is 5.56 Å². The van der Waals surface area contributed by atoms with E-state index in [9.17, 15) is 4.79 Å². The van der Waals surface area contributed by atoms with Crippen molar-refractivity contribution in [2.75, 3.05) is 6.61 Å². The molecule has 3 rings (SSSR count). The number of carbonyl (C=O) groups is 1. The standard InChI is InChI=1S/C13H12BrN5O2/c1-2-21-11(20)10-13(14,15-10)12-16-17-18-19(12)8-9-6-4-3-5-7-9/h3-7H,2,8H2,1H3. The van der Waals surface area contributed by atoms with Crippen molar-refractivity contribution >= 4 is 27.6 Å². The van der Waals surface area contributed by atoms with Gasteiger partial charge in [0.15, 0.2) is 11.5 Å². The highest BCUT2D eigenvalue weighted by molar-refractivity contribution is 9.10. The van der Waals surface area contributed by atoms with Gasteiger partial charge < -0.3 is 4.74 Å². The van der Waals surface area contributed by atoms with Gasteiger partial charge in [0, 0.05) is 0 Å². The van der Waals surface area contributed by atoms with Gasteiger partial charge in [-0.15, -0.1) is 5.10 Å². The maximum Gasteiger partial charge on any atom is 0.356 e. The summed E-state index contributed by atoms with van der Waals surface area (Å²) in [5, 5.41) is 11.6. The SMILES string of the molecule is CCOC(=O)C1=NC1(Br)c1nnnn1Cc1ccccc1. The average molecular weight is 350 g/mol. The number of alkyl halides is 1. The van der Waals surface area contributed by atoms with Gasteiger partial charge in [0.25, 0.3) is 0 Å². The second kappa shape index (κ2) is 5.36. The lowest BCUT2D eigenvalue weighted by Crippen LogP contribution is -2.23. The number of halogens is 1. The van der Waals surface area contributed by atoms with Gasteiger partial charge in [0.05, 0.1) is 13.2 Å². The number of esters is 1. The summed E-state index contributed by atoms with van der Waals surface area (Å²) in [6.07, 6.45) is 0. The van der Waals surface area contributed by atoms with Crippen molar-refractivity contribution in [3.8, 4) is 0 Å². The second-order valence-corrected chi connectivity index (χ2v) is 5.60. The van der Waals surface area contributed by atoms with Crippen LogP contribution in [0.25, 0.3) is 0 Å². The van der Waals surface area contributed by atoms with Crippen LogP contribution in [0, 0.1) is 0 Å². The molecule has 108 valence electrons. The van der Waals surface area contributed by atoms with Crippen molar-refractivity contribution in [1.82, 2.24) is 20.2 Å². The number of carbonyl (C=O) groups excluding carboxylic acids is 1. The zero-order valence-electron chi connectivity index (χ0n) is 11.2. The third-order valence-electron chi connectivity index (χ3n) is 3.00. The van der Waals surface area contributed by atoms with Crippen LogP contribution in [0.4, 0.5) is 0 Å². The van der Waals surface area contributed by atoms with Crippen LogP contribution in [0.15, 0.2) is 35.3 Å². The van der Waals surface area contributed by atoms with Gasteiger partial charge in [-0.05, 0) is 38.8 Å². The molecule has 0 spiro atoms. The first-order chi connectivity index (χ1) is 10.1. The van der Waals surface area contributed by atoms with Crippen LogP contribution < -0.4 is 0 Å². The van der Waals surface area contributed by atoms with E-state index < -0.39 is 10.4 Å². The van der Waals surface area contributed by atoms with Gasteiger partial charge in [0.2, 0.25) is 4.45 Å². The zero-order chi connectivity index (χ0) is 14.9. The number of ether oxygens (including phenoxy) is 1. The molecule has 0 bridgehead atoms. The van der Waals surface area contributed by atoms with Gasteiger partial charge >= 0.3 is 5.97 Å². The molecule has 0 N–H and O–H groups in total. The largest absolute Gasteiger partial charge is 0.461 e. The molecule has 1 aromatic heterocycles. The molecule has 1 aromatic carbocycles. The molecular weight excluding hydrogens is 338 g/mol. The summed E-state index contributed by atoms with van der Waals surface area (Å²) in [6, 6.07) is 9.79. The van der Waals surface area contributed by atoms with Crippen LogP contribution in [0.1, 0.15) is 18.3 Å². The third-order valence-corrected chi connectivity index (χ3v) is 3.91. The van der Waals surface area contributed by atoms with Crippen molar-refractivity contribution in [1.29, 1.82) is 0 Å². The molecule has 0 fully saturated rings. The number of aliphatic imine (C=N–C) groups is 1. The Hall–Kier alpha value is -2.09. The summed E-state index contributed by atoms with van der Waals surface area (Å²) in [7, 11) is 0. The zero-order valence-corrected chi connectivity index (χ0v) is 12.8. The highest BCUT2D eigenvalue weighted by Gasteiger charge is 2.55. The number of tetrazole rings is 1. The molecular formula is C13H12BrN5O2. The molecule has 7 nitrogen and oxygen atoms in total. The fraction of sp³-hybridized carbons (Fsp3) is 0.308. The summed E-state index contributed by atoms with van der Waals surface area (Å²) in [4.78, 5) is 15.9. The summed E-state index contributed by atoms with van der Waals surface area (Å²) in [5.74, 6) is 0.0121. The van der Waals surface area contributed by atoms with Crippen molar-refractivity contribution in [2.24, 2.45) is 4.99 Å². The first-order valence-corrected chi connectivity index (χ1v) is 7.21. The lowest BCUT2D eigenvalue weighted by Gasteiger charge is -2.08. The minimum absolute atomic E-state index is 0.286. The third kappa shape index (κ3) is 2.58. The molecule has 0 radical (unpaired) electrons. The molecule has 0 saturated heterocycles. The lowest BCUT2D eigenvalue weighted by molar-refractivity contribution is -0.134. The fourth-order valence-electron chi connectivity index (χ4n) is 1.97. The Balaban J connectivity index is 1.80. The van der Waals surface area contributed by atoms with Crippen molar-refractivity contribution in [3.05, 3.63) is 41.7 Å². The van der Waals surface area contributed by atoms with E-state index in [-0.39, 0.29) is 5.71 Å². The van der Waals surface area contributed by atoms with Crippen LogP contribution in [-0.2, 0) is 20.5 Å². The Morgan fingerprint density at radius 1 is 1.38 bits per heavy atom. The predicted molar refractivity (Wildman–Crippen MR) is 78.0 cm³/mol. The highest BCUT2D eigenvalue weighted by atomic mass is 79.9. The van der Waals surface area contributed by atoms with Gasteiger partial charge in [-0.2, -0.15) is 0 Å². The Bertz CT molecular complexity index is 700. The Morgan fingerprint density at radius 3 is 2.86 bits per heavy atom. The Labute approximate surface area is 129 Å². The summed E-state index contributed by atoms with van der Waals surface area (Å²) < 4.78 is 5.59. The summed E-state index contributed by atoms with van der Waals surface area (Å²) >= 11 is 3.41. The monoisotopic (exact) mass is 349 g/mol. The fourth-order valence-corrected chi connectivity index (χ4v) is 2.59. The summed E-state index contributed by atoms with van der Waals surface area (Å²) in [5.41, 5.74) is 1.34. The molecule has 0 aliphatic carbocycles. The van der Waals surface area contributed by atoms with Crippen LogP contribution in [-0.4, -0.2) is 38.5 Å². The molecule has 1 aliphatic heterocycles. The van der Waals surface area contributed by atoms with Crippen molar-refractivity contribution in [2.45, 2.75) is 17.9 Å². The number of nitrogens with zero attached hydrogens (tertiary/aromatic N) is 5. The quantitative estimate of drug-likeness (QED) is 0.461. The maximum atomic E-state index is 11.7. The van der Waals surface area contributed by atoms with Crippen LogP contribution in [0.5, 0.6) is 0 Å². The maximum absolute atomic E-state index is 11.7. The van der Waals surface area contributed by atoms with E-state index in [1.54, 1.807) is 11.6 Å². The van der Waals surface area contributed by atoms with E-state index in [4.69, 9.17) is 4.74 Å². The normalized spacial score (nSPS) is 20.0. The second-order valence-electron chi connectivity index (χ2n) is 4.45. The summed E-state index contributed by atoms with van der Waals surface area (Å²) in [6.45, 7) is 2.55. The van der Waals surface area contributed by atoms with Gasteiger partial charge in [0.1, 0.15) is 0 Å². The van der Waals surface area contributed by atoms with Gasteiger partial charge in [-0.25, -0.2) is 14.5 Å². The smallest absolute Gasteiger partial charge is 0.356 e.